The number of likely N-dealkylation sites (N-methyl/N-ethyl adjacent to an activating group) is 1. The van der Waals surface area contributed by atoms with E-state index in [-0.39, 0.29) is 23.7 Å². The lowest BCUT2D eigenvalue weighted by molar-refractivity contribution is -0.152. The fraction of sp³-hybridized carbons (Fsp3) is 0.500. The number of rotatable bonds is 3. The van der Waals surface area contributed by atoms with Gasteiger partial charge in [0.1, 0.15) is 11.6 Å². The molecule has 0 saturated carbocycles. The van der Waals surface area contributed by atoms with E-state index in [0.29, 0.717) is 31.7 Å². The third-order valence-electron chi connectivity index (χ3n) is 7.11. The van der Waals surface area contributed by atoms with E-state index in [4.69, 9.17) is 0 Å². The molecule has 2 aliphatic heterocycles. The summed E-state index contributed by atoms with van der Waals surface area (Å²) in [6, 6.07) is 7.26. The lowest BCUT2D eigenvalue weighted by Gasteiger charge is -2.48. The maximum Gasteiger partial charge on any atom is 0.227 e. The van der Waals surface area contributed by atoms with Gasteiger partial charge in [0.25, 0.3) is 0 Å². The molecule has 1 aromatic heterocycles. The minimum Gasteiger partial charge on any atom is -0.384 e. The molecule has 5 nitrogen and oxygen atoms in total. The van der Waals surface area contributed by atoms with E-state index >= 15 is 0 Å². The second-order valence-electron chi connectivity index (χ2n) is 9.21. The number of nitrogens with zero attached hydrogens (tertiary/aromatic N) is 3. The molecular weight excluding hydrogens is 400 g/mol. The Hall–Kier alpha value is -2.38. The molecule has 0 spiro atoms. The van der Waals surface area contributed by atoms with Gasteiger partial charge in [-0.3, -0.25) is 9.78 Å². The van der Waals surface area contributed by atoms with Crippen LogP contribution >= 0.6 is 0 Å². The smallest absolute Gasteiger partial charge is 0.227 e. The molecule has 2 aromatic rings. The summed E-state index contributed by atoms with van der Waals surface area (Å²) in [6.45, 7) is 5.77. The van der Waals surface area contributed by atoms with Crippen molar-refractivity contribution < 1.29 is 18.7 Å². The molecular formula is C24H29F2N3O2. The van der Waals surface area contributed by atoms with Gasteiger partial charge in [0, 0.05) is 68.0 Å². The Morgan fingerprint density at radius 3 is 2.45 bits per heavy atom. The summed E-state index contributed by atoms with van der Waals surface area (Å²) in [5, 5.41) is 11.5. The number of piperidine rings is 1. The van der Waals surface area contributed by atoms with Gasteiger partial charge >= 0.3 is 0 Å². The van der Waals surface area contributed by atoms with Crippen LogP contribution in [0.25, 0.3) is 0 Å². The van der Waals surface area contributed by atoms with Crippen LogP contribution in [0, 0.1) is 29.4 Å². The van der Waals surface area contributed by atoms with Gasteiger partial charge in [-0.25, -0.2) is 8.78 Å². The zero-order valence-electron chi connectivity index (χ0n) is 18.1. The Bertz CT molecular complexity index is 943. The van der Waals surface area contributed by atoms with Crippen molar-refractivity contribution in [2.24, 2.45) is 17.8 Å². The number of benzene rings is 1. The van der Waals surface area contributed by atoms with Crippen LogP contribution in [-0.2, 0) is 10.4 Å². The van der Waals surface area contributed by atoms with Crippen LogP contribution in [-0.4, -0.2) is 59.0 Å². The lowest BCUT2D eigenvalue weighted by Crippen LogP contribution is -2.57. The quantitative estimate of drug-likeness (QED) is 0.815. The Morgan fingerprint density at radius 1 is 1.13 bits per heavy atom. The molecule has 2 aliphatic rings. The molecule has 1 aromatic carbocycles. The Morgan fingerprint density at radius 2 is 1.84 bits per heavy atom. The van der Waals surface area contributed by atoms with E-state index in [0.717, 1.165) is 11.6 Å². The number of hydrogen-bond acceptors (Lipinski definition) is 4. The van der Waals surface area contributed by atoms with Crippen LogP contribution in [0.3, 0.4) is 0 Å². The third-order valence-corrected chi connectivity index (χ3v) is 7.11. The van der Waals surface area contributed by atoms with E-state index in [9.17, 15) is 18.7 Å². The van der Waals surface area contributed by atoms with Crippen LogP contribution in [0.1, 0.15) is 30.9 Å². The summed E-state index contributed by atoms with van der Waals surface area (Å²) < 4.78 is 27.9. The summed E-state index contributed by atoms with van der Waals surface area (Å²) >= 11 is 0. The predicted octanol–water partition coefficient (Wildman–Crippen LogP) is 3.01. The van der Waals surface area contributed by atoms with E-state index in [1.54, 1.807) is 23.4 Å². The van der Waals surface area contributed by atoms with E-state index in [2.05, 4.69) is 4.98 Å². The van der Waals surface area contributed by atoms with Crippen molar-refractivity contribution in [2.45, 2.75) is 25.4 Å². The molecule has 0 aliphatic carbocycles. The molecule has 2 saturated heterocycles. The van der Waals surface area contributed by atoms with Gasteiger partial charge in [0.15, 0.2) is 0 Å². The maximum absolute atomic E-state index is 14.5. The topological polar surface area (TPSA) is 56.7 Å². The number of carbonyl (C=O) groups excluding carboxylic acids is 1. The number of aromatic nitrogens is 1. The molecule has 2 fully saturated rings. The molecule has 7 heteroatoms. The van der Waals surface area contributed by atoms with Gasteiger partial charge in [0.2, 0.25) is 5.91 Å². The SMILES string of the molecule is C[C@@H]1CN(C(=O)[C@@H]2CN(C)C[C@H]2c2ccc(F)cc2F)C[C@H](C)[C@@]1(O)c1cccnc1. The number of carbonyl (C=O) groups is 1. The summed E-state index contributed by atoms with van der Waals surface area (Å²) in [5.74, 6) is -2.39. The summed E-state index contributed by atoms with van der Waals surface area (Å²) in [6.07, 6.45) is 3.36. The van der Waals surface area contributed by atoms with Crippen LogP contribution < -0.4 is 0 Å². The van der Waals surface area contributed by atoms with Gasteiger partial charge in [-0.1, -0.05) is 26.0 Å². The highest BCUT2D eigenvalue weighted by molar-refractivity contribution is 5.81. The molecule has 1 amide bonds. The van der Waals surface area contributed by atoms with Crippen LogP contribution in [0.15, 0.2) is 42.7 Å². The van der Waals surface area contributed by atoms with Crippen molar-refractivity contribution in [3.8, 4) is 0 Å². The van der Waals surface area contributed by atoms with E-state index in [1.807, 2.05) is 31.9 Å². The van der Waals surface area contributed by atoms with E-state index < -0.39 is 23.2 Å². The Labute approximate surface area is 181 Å². The molecule has 3 heterocycles. The number of hydrogen-bond donors (Lipinski definition) is 1. The molecule has 0 radical (unpaired) electrons. The zero-order valence-corrected chi connectivity index (χ0v) is 18.1. The van der Waals surface area contributed by atoms with Crippen molar-refractivity contribution in [1.29, 1.82) is 0 Å². The number of aliphatic hydroxyl groups is 1. The molecule has 5 atom stereocenters. The molecule has 0 bridgehead atoms. The van der Waals surface area contributed by atoms with Crippen LogP contribution in [0.4, 0.5) is 8.78 Å². The Balaban J connectivity index is 1.57. The first-order chi connectivity index (χ1) is 14.7. The summed E-state index contributed by atoms with van der Waals surface area (Å²) in [5.41, 5.74) is 0.0722. The van der Waals surface area contributed by atoms with Crippen molar-refractivity contribution in [3.63, 3.8) is 0 Å². The second kappa shape index (κ2) is 8.28. The average molecular weight is 430 g/mol. The molecule has 4 rings (SSSR count). The highest BCUT2D eigenvalue weighted by Crippen LogP contribution is 2.42. The van der Waals surface area contributed by atoms with Crippen LogP contribution in [0.5, 0.6) is 0 Å². The maximum atomic E-state index is 14.5. The van der Waals surface area contributed by atoms with Gasteiger partial charge in [-0.2, -0.15) is 0 Å². The first-order valence-corrected chi connectivity index (χ1v) is 10.8. The standard InChI is InChI=1S/C24H29F2N3O2/c1-15-11-29(12-16(2)24(15,31)17-5-4-8-27-10-17)23(30)21-14-28(3)13-20(21)19-7-6-18(25)9-22(19)26/h4-10,15-16,20-21,31H,11-14H2,1-3H3/t15-,16+,20-,21+,24-/m0/s1. The molecule has 1 N–H and O–H groups in total. The fourth-order valence-electron chi connectivity index (χ4n) is 5.45. The van der Waals surface area contributed by atoms with E-state index in [1.165, 1.54) is 12.1 Å². The van der Waals surface area contributed by atoms with Crippen molar-refractivity contribution in [1.82, 2.24) is 14.8 Å². The Kier molecular flexibility index (Phi) is 5.83. The predicted molar refractivity (Wildman–Crippen MR) is 113 cm³/mol. The van der Waals surface area contributed by atoms with Crippen molar-refractivity contribution in [3.05, 3.63) is 65.5 Å². The second-order valence-corrected chi connectivity index (χ2v) is 9.21. The lowest BCUT2D eigenvalue weighted by atomic mass is 9.71. The van der Waals surface area contributed by atoms with Gasteiger partial charge in [0.05, 0.1) is 11.5 Å². The number of pyridine rings is 1. The highest BCUT2D eigenvalue weighted by Gasteiger charge is 2.49. The number of amides is 1. The monoisotopic (exact) mass is 429 g/mol. The highest BCUT2D eigenvalue weighted by atomic mass is 19.1. The summed E-state index contributed by atoms with van der Waals surface area (Å²) in [4.78, 5) is 21.5. The third kappa shape index (κ3) is 3.85. The van der Waals surface area contributed by atoms with Gasteiger partial charge in [-0.05, 0) is 24.7 Å². The zero-order chi connectivity index (χ0) is 22.3. The summed E-state index contributed by atoms with van der Waals surface area (Å²) in [7, 11) is 1.91. The van der Waals surface area contributed by atoms with Gasteiger partial charge < -0.3 is 14.9 Å². The average Bonchev–Trinajstić information content (AvgIpc) is 3.13. The van der Waals surface area contributed by atoms with Crippen LogP contribution in [0.2, 0.25) is 0 Å². The normalized spacial score (nSPS) is 31.7. The number of halogens is 2. The first kappa shape index (κ1) is 21.8. The minimum atomic E-state index is -1.07. The molecule has 31 heavy (non-hydrogen) atoms. The molecule has 166 valence electrons. The number of likely N-dealkylation sites (tertiary alicyclic amines) is 2. The first-order valence-electron chi connectivity index (χ1n) is 10.8. The molecule has 0 unspecified atom stereocenters. The van der Waals surface area contributed by atoms with Crippen molar-refractivity contribution in [2.75, 3.05) is 33.2 Å². The fourth-order valence-corrected chi connectivity index (χ4v) is 5.45. The van der Waals surface area contributed by atoms with Crippen molar-refractivity contribution >= 4 is 5.91 Å². The van der Waals surface area contributed by atoms with Gasteiger partial charge in [-0.15, -0.1) is 0 Å². The largest absolute Gasteiger partial charge is 0.384 e. The minimum absolute atomic E-state index is 0.0370.